The average molecular weight is 356 g/mol. The normalized spacial score (nSPS) is 15.4. The summed E-state index contributed by atoms with van der Waals surface area (Å²) in [5.74, 6) is 0. The van der Waals surface area contributed by atoms with Gasteiger partial charge in [-0.1, -0.05) is 28.1 Å². The van der Waals surface area contributed by atoms with Gasteiger partial charge < -0.3 is 14.8 Å². The van der Waals surface area contributed by atoms with Gasteiger partial charge in [-0.05, 0) is 50.3 Å². The number of nitrogens with one attached hydrogen (secondary N) is 1. The molecular weight excluding hydrogens is 330 g/mol. The lowest BCUT2D eigenvalue weighted by Crippen LogP contribution is -2.24. The van der Waals surface area contributed by atoms with E-state index < -0.39 is 0 Å². The highest BCUT2D eigenvalue weighted by Gasteiger charge is 2.20. The molecule has 0 radical (unpaired) electrons. The SMILES string of the molecule is COC(C)(C)CCOCc1ccc(CNC2CC2)cc1Br. The molecule has 1 N–H and O–H groups in total. The second-order valence-electron chi connectivity index (χ2n) is 6.35. The minimum atomic E-state index is -0.116. The molecule has 0 bridgehead atoms. The van der Waals surface area contributed by atoms with Gasteiger partial charge >= 0.3 is 0 Å². The highest BCUT2D eigenvalue weighted by molar-refractivity contribution is 9.10. The molecule has 0 spiro atoms. The molecule has 1 aliphatic rings. The Morgan fingerprint density at radius 2 is 2.10 bits per heavy atom. The van der Waals surface area contributed by atoms with Crippen LogP contribution in [0.1, 0.15) is 44.2 Å². The average Bonchev–Trinajstić information content (AvgIpc) is 3.27. The van der Waals surface area contributed by atoms with Gasteiger partial charge in [0, 0.05) is 30.8 Å². The summed E-state index contributed by atoms with van der Waals surface area (Å²) in [6.07, 6.45) is 3.54. The van der Waals surface area contributed by atoms with Crippen molar-refractivity contribution in [2.75, 3.05) is 13.7 Å². The summed E-state index contributed by atoms with van der Waals surface area (Å²) < 4.78 is 12.3. The molecule has 0 aliphatic heterocycles. The van der Waals surface area contributed by atoms with Crippen LogP contribution in [-0.4, -0.2) is 25.4 Å². The van der Waals surface area contributed by atoms with Crippen LogP contribution in [0.3, 0.4) is 0 Å². The molecule has 0 amide bonds. The van der Waals surface area contributed by atoms with Gasteiger partial charge in [-0.3, -0.25) is 0 Å². The van der Waals surface area contributed by atoms with E-state index in [0.29, 0.717) is 13.2 Å². The Morgan fingerprint density at radius 3 is 2.71 bits per heavy atom. The molecule has 0 saturated heterocycles. The molecule has 0 unspecified atom stereocenters. The second kappa shape index (κ2) is 7.73. The Hall–Kier alpha value is -0.420. The zero-order valence-corrected chi connectivity index (χ0v) is 14.8. The van der Waals surface area contributed by atoms with Crippen molar-refractivity contribution < 1.29 is 9.47 Å². The number of methoxy groups -OCH3 is 1. The molecule has 1 aromatic rings. The summed E-state index contributed by atoms with van der Waals surface area (Å²) in [7, 11) is 1.74. The number of rotatable bonds is 9. The first kappa shape index (κ1) is 16.9. The largest absolute Gasteiger partial charge is 0.379 e. The predicted octanol–water partition coefficient (Wildman–Crippen LogP) is 4.03. The molecule has 1 saturated carbocycles. The monoisotopic (exact) mass is 355 g/mol. The summed E-state index contributed by atoms with van der Waals surface area (Å²) >= 11 is 3.64. The minimum Gasteiger partial charge on any atom is -0.379 e. The first-order valence-corrected chi connectivity index (χ1v) is 8.43. The fourth-order valence-corrected chi connectivity index (χ4v) is 2.51. The third-order valence-corrected chi connectivity index (χ3v) is 4.69. The van der Waals surface area contributed by atoms with Crippen molar-refractivity contribution in [3.8, 4) is 0 Å². The van der Waals surface area contributed by atoms with Crippen LogP contribution >= 0.6 is 15.9 Å². The topological polar surface area (TPSA) is 30.5 Å². The second-order valence-corrected chi connectivity index (χ2v) is 7.20. The predicted molar refractivity (Wildman–Crippen MR) is 89.4 cm³/mol. The van der Waals surface area contributed by atoms with Crippen LogP contribution in [-0.2, 0) is 22.6 Å². The maximum absolute atomic E-state index is 5.76. The molecule has 21 heavy (non-hydrogen) atoms. The van der Waals surface area contributed by atoms with Crippen LogP contribution in [0.5, 0.6) is 0 Å². The molecule has 0 heterocycles. The molecule has 118 valence electrons. The van der Waals surface area contributed by atoms with Crippen molar-refractivity contribution in [3.05, 3.63) is 33.8 Å². The van der Waals surface area contributed by atoms with Crippen molar-refractivity contribution >= 4 is 15.9 Å². The highest BCUT2D eigenvalue weighted by Crippen LogP contribution is 2.22. The summed E-state index contributed by atoms with van der Waals surface area (Å²) in [4.78, 5) is 0. The van der Waals surface area contributed by atoms with Crippen molar-refractivity contribution in [1.82, 2.24) is 5.32 Å². The number of hydrogen-bond donors (Lipinski definition) is 1. The van der Waals surface area contributed by atoms with Crippen molar-refractivity contribution in [3.63, 3.8) is 0 Å². The third-order valence-electron chi connectivity index (χ3n) is 3.95. The summed E-state index contributed by atoms with van der Waals surface area (Å²) in [5.41, 5.74) is 2.40. The maximum atomic E-state index is 5.76. The number of benzene rings is 1. The van der Waals surface area contributed by atoms with Crippen molar-refractivity contribution in [2.24, 2.45) is 0 Å². The van der Waals surface area contributed by atoms with E-state index >= 15 is 0 Å². The van der Waals surface area contributed by atoms with Gasteiger partial charge in [0.1, 0.15) is 0 Å². The first-order valence-electron chi connectivity index (χ1n) is 7.64. The van der Waals surface area contributed by atoms with E-state index in [0.717, 1.165) is 23.5 Å². The Bertz CT molecular complexity index is 458. The Kier molecular flexibility index (Phi) is 6.23. The lowest BCUT2D eigenvalue weighted by atomic mass is 10.1. The maximum Gasteiger partial charge on any atom is 0.0727 e. The third kappa shape index (κ3) is 6.07. The molecule has 0 aromatic heterocycles. The number of ether oxygens (including phenoxy) is 2. The zero-order valence-electron chi connectivity index (χ0n) is 13.2. The van der Waals surface area contributed by atoms with E-state index in [-0.39, 0.29) is 5.60 Å². The minimum absolute atomic E-state index is 0.116. The fourth-order valence-electron chi connectivity index (χ4n) is 1.97. The quantitative estimate of drug-likeness (QED) is 0.678. The molecule has 0 atom stereocenters. The molecule has 1 aliphatic carbocycles. The zero-order chi connectivity index (χ0) is 15.3. The Morgan fingerprint density at radius 1 is 1.33 bits per heavy atom. The van der Waals surface area contributed by atoms with Crippen LogP contribution in [0, 0.1) is 0 Å². The number of halogens is 1. The summed E-state index contributed by atoms with van der Waals surface area (Å²) in [6, 6.07) is 7.26. The fraction of sp³-hybridized carbons (Fsp3) is 0.647. The van der Waals surface area contributed by atoms with Gasteiger partial charge in [-0.2, -0.15) is 0 Å². The summed E-state index contributed by atoms with van der Waals surface area (Å²) in [6.45, 7) is 6.45. The molecule has 1 fully saturated rings. The van der Waals surface area contributed by atoms with E-state index in [4.69, 9.17) is 9.47 Å². The lowest BCUT2D eigenvalue weighted by molar-refractivity contribution is -0.0125. The van der Waals surface area contributed by atoms with Gasteiger partial charge in [-0.15, -0.1) is 0 Å². The van der Waals surface area contributed by atoms with E-state index in [2.05, 4.69) is 53.3 Å². The van der Waals surface area contributed by atoms with Gasteiger partial charge in [0.25, 0.3) is 0 Å². The summed E-state index contributed by atoms with van der Waals surface area (Å²) in [5, 5.41) is 3.53. The molecular formula is C17H26BrNO2. The highest BCUT2D eigenvalue weighted by atomic mass is 79.9. The van der Waals surface area contributed by atoms with Gasteiger partial charge in [-0.25, -0.2) is 0 Å². The lowest BCUT2D eigenvalue weighted by Gasteiger charge is -2.22. The van der Waals surface area contributed by atoms with E-state index in [1.807, 2.05) is 0 Å². The van der Waals surface area contributed by atoms with Gasteiger partial charge in [0.2, 0.25) is 0 Å². The first-order chi connectivity index (χ1) is 10.00. The van der Waals surface area contributed by atoms with Crippen LogP contribution in [0.15, 0.2) is 22.7 Å². The van der Waals surface area contributed by atoms with E-state index in [9.17, 15) is 0 Å². The molecule has 3 nitrogen and oxygen atoms in total. The smallest absolute Gasteiger partial charge is 0.0727 e. The molecule has 1 aromatic carbocycles. The van der Waals surface area contributed by atoms with Gasteiger partial charge in [0.15, 0.2) is 0 Å². The molecule has 2 rings (SSSR count). The number of hydrogen-bond acceptors (Lipinski definition) is 3. The Balaban J connectivity index is 1.75. The van der Waals surface area contributed by atoms with Crippen LogP contribution in [0.4, 0.5) is 0 Å². The van der Waals surface area contributed by atoms with Crippen LogP contribution in [0.2, 0.25) is 0 Å². The van der Waals surface area contributed by atoms with Crippen LogP contribution < -0.4 is 5.32 Å². The van der Waals surface area contributed by atoms with E-state index in [1.165, 1.54) is 24.0 Å². The van der Waals surface area contributed by atoms with Crippen molar-refractivity contribution in [2.45, 2.75) is 57.9 Å². The van der Waals surface area contributed by atoms with Gasteiger partial charge in [0.05, 0.1) is 12.2 Å². The molecule has 4 heteroatoms. The van der Waals surface area contributed by atoms with Crippen LogP contribution in [0.25, 0.3) is 0 Å². The standard InChI is InChI=1S/C17H26BrNO2/c1-17(2,20-3)8-9-21-12-14-5-4-13(10-16(14)18)11-19-15-6-7-15/h4-5,10,15,19H,6-9,11-12H2,1-3H3. The van der Waals surface area contributed by atoms with E-state index in [1.54, 1.807) is 7.11 Å². The Labute approximate surface area is 136 Å². The van der Waals surface area contributed by atoms with Crippen molar-refractivity contribution in [1.29, 1.82) is 0 Å².